The maximum atomic E-state index is 5.63. The summed E-state index contributed by atoms with van der Waals surface area (Å²) in [6.07, 6.45) is 4.06. The summed E-state index contributed by atoms with van der Waals surface area (Å²) in [4.78, 5) is 19.6. The van der Waals surface area contributed by atoms with E-state index in [4.69, 9.17) is 4.42 Å². The summed E-state index contributed by atoms with van der Waals surface area (Å²) >= 11 is 0. The van der Waals surface area contributed by atoms with Crippen LogP contribution in [0.5, 0.6) is 0 Å². The van der Waals surface area contributed by atoms with Gasteiger partial charge in [-0.15, -0.1) is 0 Å². The summed E-state index contributed by atoms with van der Waals surface area (Å²) in [6.45, 7) is 2.70. The monoisotopic (exact) mass is 319 g/mol. The van der Waals surface area contributed by atoms with Gasteiger partial charge in [0.25, 0.3) is 5.71 Å². The van der Waals surface area contributed by atoms with Crippen molar-refractivity contribution in [2.75, 3.05) is 11.9 Å². The molecule has 3 heterocycles. The molecule has 4 rings (SSSR count). The number of anilines is 1. The molecule has 3 aromatic heterocycles. The number of hydrogen-bond acceptors (Lipinski definition) is 6. The van der Waals surface area contributed by atoms with Gasteiger partial charge >= 0.3 is 0 Å². The fourth-order valence-electron chi connectivity index (χ4n) is 2.85. The second kappa shape index (κ2) is 5.88. The first-order valence-corrected chi connectivity index (χ1v) is 7.90. The molecular formula is C18H17N5O. The highest BCUT2D eigenvalue weighted by atomic mass is 16.4. The van der Waals surface area contributed by atoms with Crippen LogP contribution in [0.2, 0.25) is 0 Å². The van der Waals surface area contributed by atoms with Gasteiger partial charge in [-0.1, -0.05) is 25.1 Å². The Morgan fingerprint density at radius 3 is 2.88 bits per heavy atom. The average molecular weight is 319 g/mol. The number of aryl methyl sites for hydroxylation is 1. The lowest BCUT2D eigenvalue weighted by atomic mass is 10.1. The van der Waals surface area contributed by atoms with Crippen molar-refractivity contribution in [2.24, 2.45) is 0 Å². The second-order valence-electron chi connectivity index (χ2n) is 5.66. The molecule has 0 radical (unpaired) electrons. The molecule has 1 aromatic carbocycles. The third-order valence-electron chi connectivity index (χ3n) is 4.03. The first-order chi connectivity index (χ1) is 11.8. The predicted octanol–water partition coefficient (Wildman–Crippen LogP) is 3.36. The second-order valence-corrected chi connectivity index (χ2v) is 5.66. The molecule has 6 nitrogen and oxygen atoms in total. The van der Waals surface area contributed by atoms with Gasteiger partial charge in [0.1, 0.15) is 6.33 Å². The molecule has 0 aliphatic heterocycles. The third kappa shape index (κ3) is 2.46. The maximum absolute atomic E-state index is 5.63. The van der Waals surface area contributed by atoms with E-state index >= 15 is 0 Å². The van der Waals surface area contributed by atoms with Crippen LogP contribution in [0.1, 0.15) is 18.4 Å². The molecular weight excluding hydrogens is 302 g/mol. The topological polar surface area (TPSA) is 67.9 Å². The fourth-order valence-corrected chi connectivity index (χ4v) is 2.85. The Labute approximate surface area is 139 Å². The zero-order chi connectivity index (χ0) is 16.5. The van der Waals surface area contributed by atoms with E-state index in [0.717, 1.165) is 23.1 Å². The number of fused-ring (bicyclic) bond motifs is 2. The predicted molar refractivity (Wildman–Crippen MR) is 92.8 cm³/mol. The lowest BCUT2D eigenvalue weighted by Gasteiger charge is -2.19. The number of oxazole rings is 1. The molecule has 0 spiro atoms. The van der Waals surface area contributed by atoms with Gasteiger partial charge in [-0.3, -0.25) is 4.98 Å². The minimum absolute atomic E-state index is 0.531. The van der Waals surface area contributed by atoms with Crippen LogP contribution in [0.3, 0.4) is 0 Å². The molecule has 0 N–H and O–H groups in total. The van der Waals surface area contributed by atoms with Crippen LogP contribution < -0.4 is 4.90 Å². The standard InChI is InChI=1S/C18H17N5O/c1-3-15-22-16-17(20-11-21-18(16)24-15)23(2)10-12-6-4-8-14-13(12)7-5-9-19-14/h4-9,11H,3,10H2,1-2H3. The van der Waals surface area contributed by atoms with Gasteiger partial charge in [-0.25, -0.2) is 9.97 Å². The third-order valence-corrected chi connectivity index (χ3v) is 4.03. The van der Waals surface area contributed by atoms with Crippen LogP contribution in [0.15, 0.2) is 47.3 Å². The maximum Gasteiger partial charge on any atom is 0.252 e. The molecule has 0 saturated heterocycles. The highest BCUT2D eigenvalue weighted by Gasteiger charge is 2.15. The molecule has 0 fully saturated rings. The van der Waals surface area contributed by atoms with Crippen molar-refractivity contribution in [3.05, 3.63) is 54.3 Å². The van der Waals surface area contributed by atoms with Crippen LogP contribution in [-0.4, -0.2) is 27.0 Å². The van der Waals surface area contributed by atoms with Crippen molar-refractivity contribution >= 4 is 28.0 Å². The first kappa shape index (κ1) is 14.6. The highest BCUT2D eigenvalue weighted by molar-refractivity contribution is 5.84. The number of hydrogen-bond donors (Lipinski definition) is 0. The van der Waals surface area contributed by atoms with Crippen molar-refractivity contribution in [3.8, 4) is 0 Å². The Balaban J connectivity index is 1.74. The minimum Gasteiger partial charge on any atom is -0.422 e. The Bertz CT molecular complexity index is 1010. The van der Waals surface area contributed by atoms with E-state index in [1.165, 1.54) is 11.9 Å². The molecule has 0 aliphatic carbocycles. The SMILES string of the molecule is CCc1nc2c(N(C)Cc3cccc4ncccc34)ncnc2o1. The van der Waals surface area contributed by atoms with E-state index in [1.807, 2.05) is 38.4 Å². The summed E-state index contributed by atoms with van der Waals surface area (Å²) in [7, 11) is 2.00. The number of nitrogens with zero attached hydrogens (tertiary/aromatic N) is 5. The van der Waals surface area contributed by atoms with E-state index in [1.54, 1.807) is 0 Å². The summed E-state index contributed by atoms with van der Waals surface area (Å²) in [5.74, 6) is 1.44. The zero-order valence-corrected chi connectivity index (χ0v) is 13.6. The quantitative estimate of drug-likeness (QED) is 0.574. The normalized spacial score (nSPS) is 11.2. The van der Waals surface area contributed by atoms with Crippen molar-refractivity contribution in [3.63, 3.8) is 0 Å². The largest absolute Gasteiger partial charge is 0.422 e. The molecule has 0 bridgehead atoms. The van der Waals surface area contributed by atoms with Crippen molar-refractivity contribution in [1.29, 1.82) is 0 Å². The Morgan fingerprint density at radius 1 is 1.08 bits per heavy atom. The molecule has 0 aliphatic rings. The van der Waals surface area contributed by atoms with Gasteiger partial charge in [-0.05, 0) is 17.7 Å². The van der Waals surface area contributed by atoms with Crippen molar-refractivity contribution in [1.82, 2.24) is 19.9 Å². The Kier molecular flexibility index (Phi) is 3.57. The number of aromatic nitrogens is 4. The fraction of sp³-hybridized carbons (Fsp3) is 0.222. The summed E-state index contributed by atoms with van der Waals surface area (Å²) < 4.78 is 5.63. The van der Waals surface area contributed by atoms with E-state index in [9.17, 15) is 0 Å². The minimum atomic E-state index is 0.531. The number of rotatable bonds is 4. The van der Waals surface area contributed by atoms with Crippen molar-refractivity contribution in [2.45, 2.75) is 19.9 Å². The first-order valence-electron chi connectivity index (χ1n) is 7.90. The van der Waals surface area contributed by atoms with Gasteiger partial charge in [0, 0.05) is 31.6 Å². The lowest BCUT2D eigenvalue weighted by molar-refractivity contribution is 0.529. The van der Waals surface area contributed by atoms with Gasteiger partial charge < -0.3 is 9.32 Å². The molecule has 6 heteroatoms. The van der Waals surface area contributed by atoms with Crippen LogP contribution in [0.4, 0.5) is 5.82 Å². The highest BCUT2D eigenvalue weighted by Crippen LogP contribution is 2.25. The average Bonchev–Trinajstić information content (AvgIpc) is 3.05. The zero-order valence-electron chi connectivity index (χ0n) is 13.6. The van der Waals surface area contributed by atoms with Crippen LogP contribution in [-0.2, 0) is 13.0 Å². The molecule has 0 atom stereocenters. The smallest absolute Gasteiger partial charge is 0.252 e. The molecule has 4 aromatic rings. The van der Waals surface area contributed by atoms with Crippen LogP contribution in [0.25, 0.3) is 22.1 Å². The molecule has 0 unspecified atom stereocenters. The van der Waals surface area contributed by atoms with E-state index < -0.39 is 0 Å². The van der Waals surface area contributed by atoms with E-state index in [-0.39, 0.29) is 0 Å². The lowest BCUT2D eigenvalue weighted by Crippen LogP contribution is -2.18. The van der Waals surface area contributed by atoms with E-state index in [0.29, 0.717) is 23.7 Å². The van der Waals surface area contributed by atoms with Crippen molar-refractivity contribution < 1.29 is 4.42 Å². The number of pyridine rings is 1. The van der Waals surface area contributed by atoms with Gasteiger partial charge in [-0.2, -0.15) is 4.98 Å². The van der Waals surface area contributed by atoms with Crippen LogP contribution in [0, 0.1) is 0 Å². The van der Waals surface area contributed by atoms with Gasteiger partial charge in [0.05, 0.1) is 5.52 Å². The molecule has 120 valence electrons. The Hall–Kier alpha value is -3.02. The Morgan fingerprint density at radius 2 is 2.00 bits per heavy atom. The molecule has 0 amide bonds. The van der Waals surface area contributed by atoms with Gasteiger partial charge in [0.2, 0.25) is 0 Å². The summed E-state index contributed by atoms with van der Waals surface area (Å²) in [6, 6.07) is 10.2. The molecule has 24 heavy (non-hydrogen) atoms. The van der Waals surface area contributed by atoms with Crippen LogP contribution >= 0.6 is 0 Å². The number of benzene rings is 1. The molecule has 0 saturated carbocycles. The van der Waals surface area contributed by atoms with Gasteiger partial charge in [0.15, 0.2) is 17.2 Å². The van der Waals surface area contributed by atoms with E-state index in [2.05, 4.69) is 37.0 Å². The summed E-state index contributed by atoms with van der Waals surface area (Å²) in [5.41, 5.74) is 3.42. The summed E-state index contributed by atoms with van der Waals surface area (Å²) in [5, 5.41) is 1.14.